The van der Waals surface area contributed by atoms with E-state index >= 15 is 0 Å². The van der Waals surface area contributed by atoms with Crippen molar-refractivity contribution in [3.05, 3.63) is 35.4 Å². The lowest BCUT2D eigenvalue weighted by Crippen LogP contribution is -2.45. The summed E-state index contributed by atoms with van der Waals surface area (Å²) >= 11 is 0. The van der Waals surface area contributed by atoms with Crippen molar-refractivity contribution in [2.75, 3.05) is 6.54 Å². The third-order valence-corrected chi connectivity index (χ3v) is 3.16. The first-order chi connectivity index (χ1) is 7.91. The smallest absolute Gasteiger partial charge is 0.260 e. The van der Waals surface area contributed by atoms with Crippen molar-refractivity contribution in [1.29, 1.82) is 0 Å². The summed E-state index contributed by atoms with van der Waals surface area (Å²) in [5.41, 5.74) is 0.546. The normalized spacial score (nSPS) is 15.3. The van der Waals surface area contributed by atoms with Gasteiger partial charge >= 0.3 is 0 Å². The van der Waals surface area contributed by atoms with Crippen LogP contribution in [0, 0.1) is 0 Å². The summed E-state index contributed by atoms with van der Waals surface area (Å²) in [6, 6.07) is 7.45. The van der Waals surface area contributed by atoms with Gasteiger partial charge < -0.3 is 5.32 Å². The first kappa shape index (κ1) is 14.1. The summed E-state index contributed by atoms with van der Waals surface area (Å²) in [4.78, 5) is 0. The molecule has 1 aromatic rings. The minimum absolute atomic E-state index is 0.418. The van der Waals surface area contributed by atoms with Gasteiger partial charge in [-0.3, -0.25) is 0 Å². The molecule has 1 N–H and O–H groups in total. The van der Waals surface area contributed by atoms with E-state index in [0.29, 0.717) is 18.0 Å². The third-order valence-electron chi connectivity index (χ3n) is 3.16. The molecule has 0 fully saturated rings. The predicted octanol–water partition coefficient (Wildman–Crippen LogP) is 3.90. The van der Waals surface area contributed by atoms with Crippen molar-refractivity contribution in [2.45, 2.75) is 45.6 Å². The number of benzene rings is 1. The Morgan fingerprint density at radius 2 is 1.71 bits per heavy atom. The van der Waals surface area contributed by atoms with Crippen LogP contribution in [0.5, 0.6) is 0 Å². The zero-order chi connectivity index (χ0) is 13.1. The number of nitrogens with one attached hydrogen (secondary N) is 1. The van der Waals surface area contributed by atoms with Gasteiger partial charge in [0.25, 0.3) is 6.43 Å². The van der Waals surface area contributed by atoms with Crippen LogP contribution in [0.25, 0.3) is 0 Å². The van der Waals surface area contributed by atoms with Crippen LogP contribution in [0.1, 0.15) is 44.7 Å². The van der Waals surface area contributed by atoms with Gasteiger partial charge in [-0.25, -0.2) is 8.78 Å². The highest BCUT2D eigenvalue weighted by Crippen LogP contribution is 2.29. The molecule has 0 bridgehead atoms. The van der Waals surface area contributed by atoms with Crippen molar-refractivity contribution in [1.82, 2.24) is 5.32 Å². The average Bonchev–Trinajstić information content (AvgIpc) is 2.29. The Hall–Kier alpha value is -0.960. The lowest BCUT2D eigenvalue weighted by Gasteiger charge is -2.30. The maximum absolute atomic E-state index is 13.2. The topological polar surface area (TPSA) is 12.0 Å². The van der Waals surface area contributed by atoms with Gasteiger partial charge in [0.05, 0.1) is 0 Å². The van der Waals surface area contributed by atoms with Crippen molar-refractivity contribution in [2.24, 2.45) is 0 Å². The first-order valence-electron chi connectivity index (χ1n) is 6.05. The summed E-state index contributed by atoms with van der Waals surface area (Å²) in [5, 5.41) is 2.87. The molecule has 1 rings (SSSR count). The third kappa shape index (κ3) is 3.03. The second-order valence-corrected chi connectivity index (χ2v) is 4.81. The Balaban J connectivity index is 3.04. The van der Waals surface area contributed by atoms with Gasteiger partial charge in [0.2, 0.25) is 0 Å². The molecule has 0 aliphatic carbocycles. The minimum Gasteiger partial charge on any atom is -0.303 e. The van der Waals surface area contributed by atoms with E-state index in [4.69, 9.17) is 0 Å². The molecule has 0 amide bonds. The van der Waals surface area contributed by atoms with Gasteiger partial charge in [-0.15, -0.1) is 0 Å². The second kappa shape index (κ2) is 5.58. The lowest BCUT2D eigenvalue weighted by atomic mass is 9.90. The molecule has 0 saturated carbocycles. The number of hydrogen-bond donors (Lipinski definition) is 1. The fraction of sp³-hybridized carbons (Fsp3) is 0.571. The van der Waals surface area contributed by atoms with E-state index in [-0.39, 0.29) is 0 Å². The summed E-state index contributed by atoms with van der Waals surface area (Å²) in [6.07, 6.45) is -2.42. The lowest BCUT2D eigenvalue weighted by molar-refractivity contribution is 0.0394. The Morgan fingerprint density at radius 1 is 1.18 bits per heavy atom. The maximum Gasteiger partial charge on any atom is 0.260 e. The first-order valence-corrected chi connectivity index (χ1v) is 6.05. The molecular formula is C14H21F2N. The molecule has 0 radical (unpaired) electrons. The molecule has 96 valence electrons. The van der Waals surface area contributed by atoms with Crippen LogP contribution in [-0.4, -0.2) is 13.0 Å². The maximum atomic E-state index is 13.2. The van der Waals surface area contributed by atoms with Crippen LogP contribution >= 0.6 is 0 Å². The van der Waals surface area contributed by atoms with Crippen molar-refractivity contribution in [3.8, 4) is 0 Å². The highest BCUT2D eigenvalue weighted by atomic mass is 19.3. The van der Waals surface area contributed by atoms with E-state index in [1.54, 1.807) is 19.1 Å². The molecule has 1 unspecified atom stereocenters. The van der Waals surface area contributed by atoms with Gasteiger partial charge in [0.15, 0.2) is 0 Å². The Labute approximate surface area is 102 Å². The highest BCUT2D eigenvalue weighted by Gasteiger charge is 2.35. The Kier molecular flexibility index (Phi) is 4.63. The van der Waals surface area contributed by atoms with E-state index in [0.717, 1.165) is 0 Å². The van der Waals surface area contributed by atoms with Gasteiger partial charge in [0, 0.05) is 0 Å². The minimum atomic E-state index is -2.42. The quantitative estimate of drug-likeness (QED) is 0.824. The Bertz CT molecular complexity index is 346. The van der Waals surface area contributed by atoms with E-state index in [9.17, 15) is 8.78 Å². The molecule has 0 aromatic heterocycles. The van der Waals surface area contributed by atoms with E-state index in [2.05, 4.69) is 19.2 Å². The molecule has 0 spiro atoms. The van der Waals surface area contributed by atoms with Crippen molar-refractivity contribution >= 4 is 0 Å². The van der Waals surface area contributed by atoms with Gasteiger partial charge in [-0.2, -0.15) is 0 Å². The largest absolute Gasteiger partial charge is 0.303 e. The van der Waals surface area contributed by atoms with Crippen molar-refractivity contribution < 1.29 is 8.78 Å². The van der Waals surface area contributed by atoms with Gasteiger partial charge in [-0.1, -0.05) is 45.0 Å². The van der Waals surface area contributed by atoms with E-state index in [1.807, 2.05) is 19.1 Å². The van der Waals surface area contributed by atoms with Gasteiger partial charge in [-0.05, 0) is 30.5 Å². The molecule has 17 heavy (non-hydrogen) atoms. The molecule has 0 aliphatic heterocycles. The fourth-order valence-electron chi connectivity index (χ4n) is 1.89. The standard InChI is InChI=1S/C14H21F2N/c1-5-17-14(4,13(15)16)12-8-6-11(7-9-12)10(2)3/h6-10,13,17H,5H2,1-4H3. The molecule has 1 atom stereocenters. The summed E-state index contributed by atoms with van der Waals surface area (Å²) in [5.74, 6) is 0.418. The van der Waals surface area contributed by atoms with Crippen LogP contribution in [0.3, 0.4) is 0 Å². The van der Waals surface area contributed by atoms with Crippen LogP contribution in [0.2, 0.25) is 0 Å². The van der Waals surface area contributed by atoms with Gasteiger partial charge in [0.1, 0.15) is 5.54 Å². The molecule has 0 saturated heterocycles. The average molecular weight is 241 g/mol. The van der Waals surface area contributed by atoms with Crippen molar-refractivity contribution in [3.63, 3.8) is 0 Å². The second-order valence-electron chi connectivity index (χ2n) is 4.81. The zero-order valence-electron chi connectivity index (χ0n) is 10.9. The summed E-state index contributed by atoms with van der Waals surface area (Å²) in [6.45, 7) is 8.08. The molecule has 1 aromatic carbocycles. The van der Waals surface area contributed by atoms with Crippen LogP contribution in [0.4, 0.5) is 8.78 Å². The van der Waals surface area contributed by atoms with Crippen LogP contribution in [0.15, 0.2) is 24.3 Å². The van der Waals surface area contributed by atoms with E-state index in [1.165, 1.54) is 5.56 Å². The molecule has 0 aliphatic rings. The molecule has 0 heterocycles. The molecular weight excluding hydrogens is 220 g/mol. The fourth-order valence-corrected chi connectivity index (χ4v) is 1.89. The summed E-state index contributed by atoms with van der Waals surface area (Å²) < 4.78 is 26.3. The predicted molar refractivity (Wildman–Crippen MR) is 67.6 cm³/mol. The molecule has 3 heteroatoms. The van der Waals surface area contributed by atoms with E-state index < -0.39 is 12.0 Å². The monoisotopic (exact) mass is 241 g/mol. The SMILES string of the molecule is CCNC(C)(c1ccc(C(C)C)cc1)C(F)F. The number of rotatable bonds is 5. The number of hydrogen-bond acceptors (Lipinski definition) is 1. The Morgan fingerprint density at radius 3 is 2.06 bits per heavy atom. The number of alkyl halides is 2. The highest BCUT2D eigenvalue weighted by molar-refractivity contribution is 5.30. The molecule has 1 nitrogen and oxygen atoms in total. The van der Waals surface area contributed by atoms with Crippen LogP contribution in [-0.2, 0) is 5.54 Å². The number of halogens is 2. The van der Waals surface area contributed by atoms with Crippen LogP contribution < -0.4 is 5.32 Å². The zero-order valence-corrected chi connectivity index (χ0v) is 10.9. The summed E-state index contributed by atoms with van der Waals surface area (Å²) in [7, 11) is 0.